The number of hydrogen-bond donors (Lipinski definition) is 1. The monoisotopic (exact) mass is 513 g/mol. The third-order valence-corrected chi connectivity index (χ3v) is 6.55. The first kappa shape index (κ1) is 25.6. The summed E-state index contributed by atoms with van der Waals surface area (Å²) in [6.45, 7) is -0.702. The van der Waals surface area contributed by atoms with E-state index in [2.05, 4.69) is 0 Å². The van der Waals surface area contributed by atoms with Crippen LogP contribution >= 0.6 is 23.2 Å². The van der Waals surface area contributed by atoms with Gasteiger partial charge in [0.25, 0.3) is 0 Å². The van der Waals surface area contributed by atoms with Gasteiger partial charge in [0.05, 0.1) is 21.2 Å². The highest BCUT2D eigenvalue weighted by Crippen LogP contribution is 2.41. The number of nitrogens with zero attached hydrogens (tertiary/aromatic N) is 1. The van der Waals surface area contributed by atoms with Gasteiger partial charge < -0.3 is 10.0 Å². The van der Waals surface area contributed by atoms with Crippen LogP contribution in [0.3, 0.4) is 0 Å². The molecular formula is C22H19Cl2F6NO2. The van der Waals surface area contributed by atoms with Gasteiger partial charge in [-0.05, 0) is 54.3 Å². The van der Waals surface area contributed by atoms with E-state index in [1.807, 2.05) is 0 Å². The number of benzene rings is 2. The number of likely N-dealkylation sites (tertiary alicyclic amines) is 1. The van der Waals surface area contributed by atoms with Gasteiger partial charge >= 0.3 is 12.4 Å². The second-order valence-electron chi connectivity index (χ2n) is 8.05. The van der Waals surface area contributed by atoms with Crippen LogP contribution in [0.2, 0.25) is 10.0 Å². The topological polar surface area (TPSA) is 40.5 Å². The fourth-order valence-electron chi connectivity index (χ4n) is 4.14. The quantitative estimate of drug-likeness (QED) is 0.465. The van der Waals surface area contributed by atoms with Crippen molar-refractivity contribution in [2.24, 2.45) is 0 Å². The van der Waals surface area contributed by atoms with E-state index in [1.54, 1.807) is 18.2 Å². The minimum absolute atomic E-state index is 0.00529. The number of aliphatic hydroxyl groups excluding tert-OH is 1. The molecule has 0 spiro atoms. The Labute approximate surface area is 195 Å². The number of aliphatic hydroxyl groups is 1. The number of carbonyl (C=O) groups excluding carboxylic acids is 1. The van der Waals surface area contributed by atoms with Gasteiger partial charge in [-0.25, -0.2) is 0 Å². The molecule has 1 amide bonds. The summed E-state index contributed by atoms with van der Waals surface area (Å²) in [6.07, 6.45) is -9.42. The van der Waals surface area contributed by atoms with E-state index in [1.165, 1.54) is 4.90 Å². The Kier molecular flexibility index (Phi) is 7.27. The molecule has 0 aromatic heterocycles. The molecule has 1 fully saturated rings. The maximum Gasteiger partial charge on any atom is 0.416 e. The third kappa shape index (κ3) is 5.75. The summed E-state index contributed by atoms with van der Waals surface area (Å²) in [6, 6.07) is 6.12. The van der Waals surface area contributed by atoms with Crippen molar-refractivity contribution in [3.8, 4) is 0 Å². The molecule has 1 heterocycles. The SMILES string of the molecule is O=C1CCC(CCO)(c2ccc(Cl)c(Cl)c2)CN1Cc1cc(C(F)(F)F)cc(C(F)(F)F)c1. The average Bonchev–Trinajstić information content (AvgIpc) is 2.71. The normalized spacial score (nSPS) is 19.8. The summed E-state index contributed by atoms with van der Waals surface area (Å²) in [4.78, 5) is 13.8. The fraction of sp³-hybridized carbons (Fsp3) is 0.409. The predicted octanol–water partition coefficient (Wildman–Crippen LogP) is 6.47. The average molecular weight is 514 g/mol. The maximum absolute atomic E-state index is 13.2. The molecule has 1 aliphatic rings. The van der Waals surface area contributed by atoms with Crippen LogP contribution in [0, 0.1) is 0 Å². The van der Waals surface area contributed by atoms with Crippen LogP contribution in [0.5, 0.6) is 0 Å². The van der Waals surface area contributed by atoms with Crippen molar-refractivity contribution in [3.63, 3.8) is 0 Å². The molecule has 1 N–H and O–H groups in total. The van der Waals surface area contributed by atoms with Crippen molar-refractivity contribution in [2.75, 3.05) is 13.2 Å². The van der Waals surface area contributed by atoms with E-state index in [0.29, 0.717) is 29.1 Å². The number of amides is 1. The number of carbonyl (C=O) groups is 1. The molecule has 11 heteroatoms. The molecule has 3 rings (SSSR count). The second kappa shape index (κ2) is 9.35. The zero-order chi connectivity index (χ0) is 24.6. The van der Waals surface area contributed by atoms with Crippen molar-refractivity contribution < 1.29 is 36.2 Å². The number of alkyl halides is 6. The van der Waals surface area contributed by atoms with Gasteiger partial charge in [0.1, 0.15) is 0 Å². The Morgan fingerprint density at radius 1 is 0.939 bits per heavy atom. The van der Waals surface area contributed by atoms with Gasteiger partial charge in [-0.1, -0.05) is 29.3 Å². The number of rotatable bonds is 5. The molecule has 1 saturated heterocycles. The smallest absolute Gasteiger partial charge is 0.396 e. The Bertz CT molecular complexity index is 1010. The molecule has 0 saturated carbocycles. The minimum Gasteiger partial charge on any atom is -0.396 e. The van der Waals surface area contributed by atoms with E-state index in [-0.39, 0.29) is 42.6 Å². The Morgan fingerprint density at radius 3 is 2.06 bits per heavy atom. The largest absolute Gasteiger partial charge is 0.416 e. The first-order valence-corrected chi connectivity index (χ1v) is 10.6. The summed E-state index contributed by atoms with van der Waals surface area (Å²) < 4.78 is 79.2. The first-order chi connectivity index (χ1) is 15.2. The van der Waals surface area contributed by atoms with Crippen molar-refractivity contribution in [2.45, 2.75) is 43.6 Å². The van der Waals surface area contributed by atoms with Crippen molar-refractivity contribution in [1.29, 1.82) is 0 Å². The van der Waals surface area contributed by atoms with Crippen molar-refractivity contribution in [3.05, 3.63) is 68.7 Å². The zero-order valence-corrected chi connectivity index (χ0v) is 18.5. The molecule has 0 radical (unpaired) electrons. The molecule has 180 valence electrons. The van der Waals surface area contributed by atoms with Crippen molar-refractivity contribution in [1.82, 2.24) is 4.90 Å². The highest BCUT2D eigenvalue weighted by molar-refractivity contribution is 6.42. The van der Waals surface area contributed by atoms with Crippen LogP contribution in [0.4, 0.5) is 26.3 Å². The second-order valence-corrected chi connectivity index (χ2v) is 8.86. The summed E-state index contributed by atoms with van der Waals surface area (Å²) >= 11 is 12.1. The lowest BCUT2D eigenvalue weighted by Crippen LogP contribution is -2.49. The first-order valence-electron chi connectivity index (χ1n) is 9.88. The maximum atomic E-state index is 13.2. The van der Waals surface area contributed by atoms with Gasteiger partial charge in [0.15, 0.2) is 0 Å². The van der Waals surface area contributed by atoms with E-state index < -0.39 is 41.3 Å². The van der Waals surface area contributed by atoms with E-state index >= 15 is 0 Å². The Hall–Kier alpha value is -1.97. The zero-order valence-electron chi connectivity index (χ0n) is 17.0. The molecule has 2 aromatic carbocycles. The third-order valence-electron chi connectivity index (χ3n) is 5.81. The molecule has 1 aliphatic heterocycles. The minimum atomic E-state index is -4.98. The molecule has 1 unspecified atom stereocenters. The van der Waals surface area contributed by atoms with Crippen LogP contribution in [0.1, 0.15) is 41.5 Å². The van der Waals surface area contributed by atoms with E-state index in [9.17, 15) is 36.2 Å². The van der Waals surface area contributed by atoms with Crippen LogP contribution < -0.4 is 0 Å². The predicted molar refractivity (Wildman–Crippen MR) is 111 cm³/mol. The molecule has 0 aliphatic carbocycles. The lowest BCUT2D eigenvalue weighted by molar-refractivity contribution is -0.143. The fourth-order valence-corrected chi connectivity index (χ4v) is 4.43. The summed E-state index contributed by atoms with van der Waals surface area (Å²) in [7, 11) is 0. The Balaban J connectivity index is 1.99. The number of hydrogen-bond acceptors (Lipinski definition) is 2. The van der Waals surface area contributed by atoms with Gasteiger partial charge in [-0.2, -0.15) is 26.3 Å². The van der Waals surface area contributed by atoms with Crippen LogP contribution in [-0.2, 0) is 29.1 Å². The Morgan fingerprint density at radius 2 is 1.55 bits per heavy atom. The van der Waals surface area contributed by atoms with Crippen LogP contribution in [0.25, 0.3) is 0 Å². The summed E-state index contributed by atoms with van der Waals surface area (Å²) in [5, 5.41) is 10.2. The lowest BCUT2D eigenvalue weighted by Gasteiger charge is -2.43. The highest BCUT2D eigenvalue weighted by atomic mass is 35.5. The molecule has 2 aromatic rings. The highest BCUT2D eigenvalue weighted by Gasteiger charge is 2.41. The van der Waals surface area contributed by atoms with Gasteiger partial charge in [-0.15, -0.1) is 0 Å². The van der Waals surface area contributed by atoms with Gasteiger partial charge in [-0.3, -0.25) is 4.79 Å². The summed E-state index contributed by atoms with van der Waals surface area (Å²) in [5.74, 6) is -0.408. The van der Waals surface area contributed by atoms with E-state index in [4.69, 9.17) is 23.2 Å². The summed E-state index contributed by atoms with van der Waals surface area (Å²) in [5.41, 5.74) is -3.29. The standard InChI is InChI=1S/C22H19Cl2F6NO2/c23-17-2-1-14(10-18(17)24)20(5-6-32)4-3-19(33)31(12-20)11-13-7-15(21(25,26)27)9-16(8-13)22(28,29)30/h1-2,7-10,32H,3-6,11-12H2. The molecule has 3 nitrogen and oxygen atoms in total. The van der Waals surface area contributed by atoms with Crippen LogP contribution in [0.15, 0.2) is 36.4 Å². The molecular weight excluding hydrogens is 495 g/mol. The van der Waals surface area contributed by atoms with Crippen LogP contribution in [-0.4, -0.2) is 29.1 Å². The molecule has 1 atom stereocenters. The number of piperidine rings is 1. The molecule has 33 heavy (non-hydrogen) atoms. The lowest BCUT2D eigenvalue weighted by atomic mass is 9.71. The van der Waals surface area contributed by atoms with Crippen molar-refractivity contribution >= 4 is 29.1 Å². The van der Waals surface area contributed by atoms with Gasteiger partial charge in [0, 0.05) is 31.5 Å². The number of halogens is 8. The molecule has 0 bridgehead atoms. The van der Waals surface area contributed by atoms with Gasteiger partial charge in [0.2, 0.25) is 5.91 Å². The van der Waals surface area contributed by atoms with E-state index in [0.717, 1.165) is 0 Å².